The lowest BCUT2D eigenvalue weighted by atomic mass is 9.82. The number of carbonyl (C=O) groups excluding carboxylic acids is 1. The molecule has 1 aliphatic heterocycles. The standard InChI is InChI=1S/C13H21NO3/c1-10-4-7-14(9-10)11(15)8-13(12(16)17)5-2-3-6-13/h10H,2-9H2,1H3,(H,16,17). The first-order valence-electron chi connectivity index (χ1n) is 6.55. The molecule has 1 atom stereocenters. The van der Waals surface area contributed by atoms with Crippen molar-refractivity contribution in [2.45, 2.75) is 45.4 Å². The van der Waals surface area contributed by atoms with E-state index in [1.807, 2.05) is 4.90 Å². The molecular formula is C13H21NO3. The molecule has 1 unspecified atom stereocenters. The maximum absolute atomic E-state index is 12.1. The molecule has 1 amide bonds. The number of likely N-dealkylation sites (tertiary alicyclic amines) is 1. The van der Waals surface area contributed by atoms with Crippen LogP contribution in [0.15, 0.2) is 0 Å². The fraction of sp³-hybridized carbons (Fsp3) is 0.846. The predicted molar refractivity (Wildman–Crippen MR) is 63.5 cm³/mol. The molecule has 2 aliphatic rings. The lowest BCUT2D eigenvalue weighted by Gasteiger charge is -2.26. The van der Waals surface area contributed by atoms with Gasteiger partial charge in [-0.25, -0.2) is 0 Å². The second-order valence-electron chi connectivity index (χ2n) is 5.70. The molecule has 1 saturated carbocycles. The Labute approximate surface area is 102 Å². The Kier molecular flexibility index (Phi) is 3.40. The molecule has 0 aromatic rings. The number of hydrogen-bond donors (Lipinski definition) is 1. The van der Waals surface area contributed by atoms with Crippen LogP contribution in [0.25, 0.3) is 0 Å². The van der Waals surface area contributed by atoms with Crippen molar-refractivity contribution in [3.8, 4) is 0 Å². The van der Waals surface area contributed by atoms with Crippen molar-refractivity contribution < 1.29 is 14.7 Å². The fourth-order valence-electron chi connectivity index (χ4n) is 3.08. The summed E-state index contributed by atoms with van der Waals surface area (Å²) in [7, 11) is 0. The van der Waals surface area contributed by atoms with Crippen molar-refractivity contribution in [3.63, 3.8) is 0 Å². The van der Waals surface area contributed by atoms with Gasteiger partial charge in [0.2, 0.25) is 5.91 Å². The second-order valence-corrected chi connectivity index (χ2v) is 5.70. The van der Waals surface area contributed by atoms with Crippen molar-refractivity contribution >= 4 is 11.9 Å². The lowest BCUT2D eigenvalue weighted by Crippen LogP contribution is -2.37. The molecule has 1 N–H and O–H groups in total. The van der Waals surface area contributed by atoms with Crippen LogP contribution >= 0.6 is 0 Å². The van der Waals surface area contributed by atoms with Crippen LogP contribution in [0.3, 0.4) is 0 Å². The number of rotatable bonds is 3. The summed E-state index contributed by atoms with van der Waals surface area (Å²) in [4.78, 5) is 25.3. The van der Waals surface area contributed by atoms with Gasteiger partial charge >= 0.3 is 5.97 Å². The van der Waals surface area contributed by atoms with Gasteiger partial charge in [-0.3, -0.25) is 9.59 Å². The van der Waals surface area contributed by atoms with Crippen molar-refractivity contribution in [1.82, 2.24) is 4.90 Å². The number of carboxylic acid groups (broad SMARTS) is 1. The topological polar surface area (TPSA) is 57.6 Å². The summed E-state index contributed by atoms with van der Waals surface area (Å²) in [5, 5.41) is 9.34. The Morgan fingerprint density at radius 1 is 1.35 bits per heavy atom. The first-order valence-corrected chi connectivity index (χ1v) is 6.55. The Bertz CT molecular complexity index is 321. The van der Waals surface area contributed by atoms with E-state index in [0.29, 0.717) is 18.8 Å². The minimum absolute atomic E-state index is 0.0404. The molecule has 2 rings (SSSR count). The third-order valence-corrected chi connectivity index (χ3v) is 4.28. The van der Waals surface area contributed by atoms with Crippen LogP contribution in [-0.4, -0.2) is 35.0 Å². The number of amides is 1. The van der Waals surface area contributed by atoms with E-state index in [4.69, 9.17) is 0 Å². The van der Waals surface area contributed by atoms with Crippen molar-refractivity contribution in [2.24, 2.45) is 11.3 Å². The molecular weight excluding hydrogens is 218 g/mol. The highest BCUT2D eigenvalue weighted by Crippen LogP contribution is 2.42. The van der Waals surface area contributed by atoms with Gasteiger partial charge in [0.05, 0.1) is 5.41 Å². The number of carboxylic acids is 1. The van der Waals surface area contributed by atoms with Crippen molar-refractivity contribution in [1.29, 1.82) is 0 Å². The van der Waals surface area contributed by atoms with Gasteiger partial charge < -0.3 is 10.0 Å². The average Bonchev–Trinajstić information content (AvgIpc) is 2.87. The molecule has 1 heterocycles. The van der Waals surface area contributed by atoms with E-state index in [-0.39, 0.29) is 12.3 Å². The Morgan fingerprint density at radius 2 is 2.00 bits per heavy atom. The van der Waals surface area contributed by atoms with Gasteiger partial charge in [0.1, 0.15) is 0 Å². The zero-order chi connectivity index (χ0) is 12.5. The molecule has 4 nitrogen and oxygen atoms in total. The second kappa shape index (κ2) is 4.67. The SMILES string of the molecule is CC1CCN(C(=O)CC2(C(=O)O)CCCC2)C1. The zero-order valence-corrected chi connectivity index (χ0v) is 10.4. The predicted octanol–water partition coefficient (Wildman–Crippen LogP) is 1.89. The van der Waals surface area contributed by atoms with E-state index in [1.54, 1.807) is 0 Å². The molecule has 2 fully saturated rings. The monoisotopic (exact) mass is 239 g/mol. The molecule has 1 saturated heterocycles. The summed E-state index contributed by atoms with van der Waals surface area (Å²) >= 11 is 0. The summed E-state index contributed by atoms with van der Waals surface area (Å²) in [5.74, 6) is -0.183. The smallest absolute Gasteiger partial charge is 0.310 e. The molecule has 0 spiro atoms. The van der Waals surface area contributed by atoms with Crippen LogP contribution < -0.4 is 0 Å². The van der Waals surface area contributed by atoms with Crippen LogP contribution in [0.5, 0.6) is 0 Å². The average molecular weight is 239 g/mol. The fourth-order valence-corrected chi connectivity index (χ4v) is 3.08. The number of aliphatic carboxylic acids is 1. The van der Waals surface area contributed by atoms with Gasteiger partial charge in [0.15, 0.2) is 0 Å². The van der Waals surface area contributed by atoms with Gasteiger partial charge in [0.25, 0.3) is 0 Å². The highest BCUT2D eigenvalue weighted by atomic mass is 16.4. The third kappa shape index (κ3) is 2.45. The van der Waals surface area contributed by atoms with Gasteiger partial charge in [-0.05, 0) is 25.2 Å². The summed E-state index contributed by atoms with van der Waals surface area (Å²) in [5.41, 5.74) is -0.761. The Hall–Kier alpha value is -1.06. The van der Waals surface area contributed by atoms with Gasteiger partial charge in [-0.1, -0.05) is 19.8 Å². The van der Waals surface area contributed by atoms with Crippen LogP contribution in [-0.2, 0) is 9.59 Å². The van der Waals surface area contributed by atoms with Gasteiger partial charge in [-0.15, -0.1) is 0 Å². The highest BCUT2D eigenvalue weighted by Gasteiger charge is 2.44. The van der Waals surface area contributed by atoms with Crippen molar-refractivity contribution in [3.05, 3.63) is 0 Å². The maximum atomic E-state index is 12.1. The van der Waals surface area contributed by atoms with Crippen LogP contribution in [0.4, 0.5) is 0 Å². The zero-order valence-electron chi connectivity index (χ0n) is 10.4. The van der Waals surface area contributed by atoms with Gasteiger partial charge in [0, 0.05) is 19.5 Å². The first kappa shape index (κ1) is 12.4. The Morgan fingerprint density at radius 3 is 2.47 bits per heavy atom. The van der Waals surface area contributed by atoms with Crippen LogP contribution in [0.2, 0.25) is 0 Å². The summed E-state index contributed by atoms with van der Waals surface area (Å²) < 4.78 is 0. The minimum atomic E-state index is -0.782. The van der Waals surface area contributed by atoms with Gasteiger partial charge in [-0.2, -0.15) is 0 Å². The molecule has 0 aromatic carbocycles. The molecule has 0 bridgehead atoms. The van der Waals surface area contributed by atoms with E-state index in [0.717, 1.165) is 32.4 Å². The molecule has 0 radical (unpaired) electrons. The maximum Gasteiger partial charge on any atom is 0.310 e. The quantitative estimate of drug-likeness (QED) is 0.818. The number of nitrogens with zero attached hydrogens (tertiary/aromatic N) is 1. The van der Waals surface area contributed by atoms with E-state index in [1.165, 1.54) is 0 Å². The van der Waals surface area contributed by atoms with Crippen LogP contribution in [0.1, 0.15) is 45.4 Å². The number of hydrogen-bond acceptors (Lipinski definition) is 2. The minimum Gasteiger partial charge on any atom is -0.481 e. The molecule has 0 aromatic heterocycles. The normalized spacial score (nSPS) is 27.4. The van der Waals surface area contributed by atoms with Crippen molar-refractivity contribution in [2.75, 3.05) is 13.1 Å². The summed E-state index contributed by atoms with van der Waals surface area (Å²) in [6.07, 6.45) is 4.46. The lowest BCUT2D eigenvalue weighted by molar-refractivity contribution is -0.153. The van der Waals surface area contributed by atoms with E-state index in [2.05, 4.69) is 6.92 Å². The Balaban J connectivity index is 1.99. The first-order chi connectivity index (χ1) is 8.03. The number of carbonyl (C=O) groups is 2. The summed E-state index contributed by atoms with van der Waals surface area (Å²) in [6, 6.07) is 0. The van der Waals surface area contributed by atoms with Crippen LogP contribution in [0, 0.1) is 11.3 Å². The molecule has 17 heavy (non-hydrogen) atoms. The van der Waals surface area contributed by atoms with E-state index >= 15 is 0 Å². The molecule has 96 valence electrons. The van der Waals surface area contributed by atoms with E-state index < -0.39 is 11.4 Å². The highest BCUT2D eigenvalue weighted by molar-refractivity contribution is 5.85. The summed E-state index contributed by atoms with van der Waals surface area (Å²) in [6.45, 7) is 3.74. The largest absolute Gasteiger partial charge is 0.481 e. The van der Waals surface area contributed by atoms with E-state index in [9.17, 15) is 14.7 Å². The molecule has 1 aliphatic carbocycles. The molecule has 4 heteroatoms. The third-order valence-electron chi connectivity index (χ3n) is 4.28.